The zero-order valence-corrected chi connectivity index (χ0v) is 15.8. The molecule has 0 aliphatic carbocycles. The van der Waals surface area contributed by atoms with Crippen LogP contribution in [0.5, 0.6) is 0 Å². The maximum Gasteiger partial charge on any atom is 0.319 e. The van der Waals surface area contributed by atoms with E-state index in [4.69, 9.17) is 0 Å². The molecule has 144 valence electrons. The van der Waals surface area contributed by atoms with Gasteiger partial charge in [0, 0.05) is 30.3 Å². The Bertz CT molecular complexity index is 1010. The largest absolute Gasteiger partial charge is 0.334 e. The van der Waals surface area contributed by atoms with Crippen molar-refractivity contribution in [1.29, 1.82) is 0 Å². The van der Waals surface area contributed by atoms with Crippen molar-refractivity contribution in [2.45, 2.75) is 12.3 Å². The lowest BCUT2D eigenvalue weighted by atomic mass is 10.2. The van der Waals surface area contributed by atoms with Gasteiger partial charge >= 0.3 is 6.03 Å². The summed E-state index contributed by atoms with van der Waals surface area (Å²) >= 11 is 0. The van der Waals surface area contributed by atoms with Crippen molar-refractivity contribution in [3.05, 3.63) is 90.3 Å². The molecule has 7 nitrogen and oxygen atoms in total. The van der Waals surface area contributed by atoms with E-state index in [0.717, 1.165) is 5.56 Å². The van der Waals surface area contributed by atoms with Crippen LogP contribution in [0.3, 0.4) is 0 Å². The van der Waals surface area contributed by atoms with Gasteiger partial charge in [0.1, 0.15) is 0 Å². The number of pyridine rings is 1. The predicted molar refractivity (Wildman–Crippen MR) is 109 cm³/mol. The molecular formula is C20H20N4O3S. The van der Waals surface area contributed by atoms with Gasteiger partial charge in [0.2, 0.25) is 10.0 Å². The van der Waals surface area contributed by atoms with Gasteiger partial charge in [-0.3, -0.25) is 9.71 Å². The van der Waals surface area contributed by atoms with Crippen LogP contribution in [0, 0.1) is 0 Å². The van der Waals surface area contributed by atoms with Crippen molar-refractivity contribution in [2.24, 2.45) is 0 Å². The molecule has 3 rings (SSSR count). The van der Waals surface area contributed by atoms with E-state index in [1.165, 1.54) is 0 Å². The Balaban J connectivity index is 1.52. The summed E-state index contributed by atoms with van der Waals surface area (Å²) in [5.41, 5.74) is 2.63. The van der Waals surface area contributed by atoms with Crippen LogP contribution < -0.4 is 15.4 Å². The Labute approximate surface area is 163 Å². The van der Waals surface area contributed by atoms with E-state index >= 15 is 0 Å². The van der Waals surface area contributed by atoms with Gasteiger partial charge in [0.05, 0.1) is 5.75 Å². The minimum Gasteiger partial charge on any atom is -0.334 e. The van der Waals surface area contributed by atoms with Crippen molar-refractivity contribution in [3.63, 3.8) is 0 Å². The average Bonchev–Trinajstić information content (AvgIpc) is 2.69. The first-order valence-electron chi connectivity index (χ1n) is 8.58. The zero-order valence-electron chi connectivity index (χ0n) is 15.0. The molecule has 0 fully saturated rings. The lowest BCUT2D eigenvalue weighted by molar-refractivity contribution is 0.251. The van der Waals surface area contributed by atoms with Crippen LogP contribution in [0.1, 0.15) is 11.1 Å². The molecule has 0 saturated carbocycles. The Kier molecular flexibility index (Phi) is 6.23. The molecule has 28 heavy (non-hydrogen) atoms. The number of anilines is 2. The van der Waals surface area contributed by atoms with Crippen LogP contribution in [0.25, 0.3) is 0 Å². The number of hydrogen-bond donors (Lipinski definition) is 3. The lowest BCUT2D eigenvalue weighted by Crippen LogP contribution is -2.28. The second-order valence-electron chi connectivity index (χ2n) is 6.09. The summed E-state index contributed by atoms with van der Waals surface area (Å²) < 4.78 is 27.0. The Morgan fingerprint density at radius 2 is 1.46 bits per heavy atom. The van der Waals surface area contributed by atoms with Crippen LogP contribution in [0.2, 0.25) is 0 Å². The minimum absolute atomic E-state index is 0.106. The molecule has 3 aromatic rings. The normalized spacial score (nSPS) is 10.9. The number of nitrogens with one attached hydrogen (secondary N) is 3. The van der Waals surface area contributed by atoms with E-state index < -0.39 is 10.0 Å². The number of benzene rings is 2. The number of aromatic nitrogens is 1. The third-order valence-corrected chi connectivity index (χ3v) is 5.08. The van der Waals surface area contributed by atoms with Crippen molar-refractivity contribution in [2.75, 3.05) is 10.0 Å². The number of sulfonamides is 1. The SMILES string of the molecule is O=C(NCc1ccncc1)Nc1ccc(NS(=O)(=O)Cc2ccccc2)cc1. The number of amides is 2. The first-order chi connectivity index (χ1) is 13.5. The molecule has 0 aliphatic rings. The molecule has 0 unspecified atom stereocenters. The topological polar surface area (TPSA) is 100 Å². The molecule has 8 heteroatoms. The number of rotatable bonds is 7. The average molecular weight is 396 g/mol. The highest BCUT2D eigenvalue weighted by Gasteiger charge is 2.11. The summed E-state index contributed by atoms with van der Waals surface area (Å²) in [5, 5.41) is 5.44. The van der Waals surface area contributed by atoms with Gasteiger partial charge in [-0.2, -0.15) is 0 Å². The smallest absolute Gasteiger partial charge is 0.319 e. The summed E-state index contributed by atoms with van der Waals surface area (Å²) in [6.07, 6.45) is 3.32. The number of urea groups is 1. The number of carbonyl (C=O) groups excluding carboxylic acids is 1. The number of nitrogens with zero attached hydrogens (tertiary/aromatic N) is 1. The fourth-order valence-corrected chi connectivity index (χ4v) is 3.69. The van der Waals surface area contributed by atoms with Crippen LogP contribution in [-0.4, -0.2) is 19.4 Å². The number of hydrogen-bond acceptors (Lipinski definition) is 4. The fraction of sp³-hybridized carbons (Fsp3) is 0.100. The first kappa shape index (κ1) is 19.4. The van der Waals surface area contributed by atoms with Crippen LogP contribution in [-0.2, 0) is 22.3 Å². The molecule has 2 aromatic carbocycles. The molecule has 0 spiro atoms. The fourth-order valence-electron chi connectivity index (χ4n) is 2.49. The lowest BCUT2D eigenvalue weighted by Gasteiger charge is -2.10. The predicted octanol–water partition coefficient (Wildman–Crippen LogP) is 3.35. The molecule has 3 N–H and O–H groups in total. The summed E-state index contributed by atoms with van der Waals surface area (Å²) in [6.45, 7) is 0.381. The van der Waals surface area contributed by atoms with Crippen LogP contribution >= 0.6 is 0 Å². The van der Waals surface area contributed by atoms with Crippen molar-refractivity contribution >= 4 is 27.4 Å². The summed E-state index contributed by atoms with van der Waals surface area (Å²) in [4.78, 5) is 15.9. The first-order valence-corrected chi connectivity index (χ1v) is 10.2. The molecule has 1 heterocycles. The highest BCUT2D eigenvalue weighted by atomic mass is 32.2. The molecule has 0 radical (unpaired) electrons. The molecular weight excluding hydrogens is 376 g/mol. The molecule has 1 aromatic heterocycles. The monoisotopic (exact) mass is 396 g/mol. The molecule has 0 saturated heterocycles. The van der Waals surface area contributed by atoms with Crippen LogP contribution in [0.4, 0.5) is 16.2 Å². The minimum atomic E-state index is -3.52. The third kappa shape index (κ3) is 6.10. The zero-order chi connectivity index (χ0) is 19.8. The van der Waals surface area contributed by atoms with E-state index in [-0.39, 0.29) is 11.8 Å². The van der Waals surface area contributed by atoms with Crippen LogP contribution in [0.15, 0.2) is 79.1 Å². The summed E-state index contributed by atoms with van der Waals surface area (Å²) in [5.74, 6) is -0.106. The Morgan fingerprint density at radius 3 is 2.14 bits per heavy atom. The van der Waals surface area contributed by atoms with E-state index in [1.54, 1.807) is 60.9 Å². The second-order valence-corrected chi connectivity index (χ2v) is 7.81. The van der Waals surface area contributed by atoms with Gasteiger partial charge in [-0.25, -0.2) is 13.2 Å². The molecule has 2 amide bonds. The second kappa shape index (κ2) is 9.01. The maximum atomic E-state index is 12.3. The molecule has 0 bridgehead atoms. The third-order valence-electron chi connectivity index (χ3n) is 3.82. The maximum absolute atomic E-state index is 12.3. The van der Waals surface area contributed by atoms with Crippen molar-refractivity contribution in [3.8, 4) is 0 Å². The van der Waals surface area contributed by atoms with E-state index in [1.807, 2.05) is 18.2 Å². The quantitative estimate of drug-likeness (QED) is 0.570. The van der Waals surface area contributed by atoms with Crippen molar-refractivity contribution in [1.82, 2.24) is 10.3 Å². The van der Waals surface area contributed by atoms with Gasteiger partial charge in [0.25, 0.3) is 0 Å². The van der Waals surface area contributed by atoms with Gasteiger partial charge in [-0.15, -0.1) is 0 Å². The molecule has 0 atom stereocenters. The van der Waals surface area contributed by atoms with E-state index in [2.05, 4.69) is 20.3 Å². The van der Waals surface area contributed by atoms with Gasteiger partial charge in [-0.1, -0.05) is 30.3 Å². The Hall–Kier alpha value is -3.39. The standard InChI is InChI=1S/C20H20N4O3S/c25-20(22-14-16-10-12-21-13-11-16)23-18-6-8-19(9-7-18)24-28(26,27)15-17-4-2-1-3-5-17/h1-13,24H,14-15H2,(H2,22,23,25). The number of carbonyl (C=O) groups is 1. The highest BCUT2D eigenvalue weighted by Crippen LogP contribution is 2.16. The van der Waals surface area contributed by atoms with E-state index in [9.17, 15) is 13.2 Å². The molecule has 0 aliphatic heterocycles. The summed E-state index contributed by atoms with van der Waals surface area (Å²) in [6, 6.07) is 18.7. The van der Waals surface area contributed by atoms with Crippen molar-refractivity contribution < 1.29 is 13.2 Å². The highest BCUT2D eigenvalue weighted by molar-refractivity contribution is 7.91. The van der Waals surface area contributed by atoms with E-state index in [0.29, 0.717) is 23.5 Å². The van der Waals surface area contributed by atoms with Gasteiger partial charge in [-0.05, 0) is 47.5 Å². The summed E-state index contributed by atoms with van der Waals surface area (Å²) in [7, 11) is -3.52. The van der Waals surface area contributed by atoms with Gasteiger partial charge in [0.15, 0.2) is 0 Å². The Morgan fingerprint density at radius 1 is 0.821 bits per heavy atom. The van der Waals surface area contributed by atoms with Gasteiger partial charge < -0.3 is 10.6 Å².